The van der Waals surface area contributed by atoms with E-state index in [2.05, 4.69) is 5.32 Å². The predicted molar refractivity (Wildman–Crippen MR) is 67.8 cm³/mol. The molecule has 0 bridgehead atoms. The second kappa shape index (κ2) is 5.16. The van der Waals surface area contributed by atoms with Crippen LogP contribution in [-0.4, -0.2) is 24.7 Å². The Morgan fingerprint density at radius 2 is 2.59 bits per heavy atom. The summed E-state index contributed by atoms with van der Waals surface area (Å²) in [5.74, 6) is -0.135. The van der Waals surface area contributed by atoms with E-state index in [0.717, 1.165) is 24.3 Å². The minimum Gasteiger partial charge on any atom is -0.373 e. The van der Waals surface area contributed by atoms with Crippen molar-refractivity contribution in [1.29, 1.82) is 0 Å². The summed E-state index contributed by atoms with van der Waals surface area (Å²) in [5, 5.41) is 4.79. The van der Waals surface area contributed by atoms with Gasteiger partial charge in [0, 0.05) is 18.0 Å². The highest BCUT2D eigenvalue weighted by Crippen LogP contribution is 2.24. The summed E-state index contributed by atoms with van der Waals surface area (Å²) in [5.41, 5.74) is 5.65. The van der Waals surface area contributed by atoms with Crippen LogP contribution < -0.4 is 11.1 Å². The standard InChI is InChI=1S/C12H18N2O2S/c1-12(5-3-6-16-12)8-14-11(15)10(13)9-4-2-7-17-9/h2,4,7,10H,3,5-6,8,13H2,1H3,(H,14,15). The van der Waals surface area contributed by atoms with E-state index in [1.165, 1.54) is 11.3 Å². The molecular formula is C12H18N2O2S. The maximum absolute atomic E-state index is 11.9. The molecule has 2 heterocycles. The van der Waals surface area contributed by atoms with Gasteiger partial charge >= 0.3 is 0 Å². The van der Waals surface area contributed by atoms with Crippen LogP contribution in [0.4, 0.5) is 0 Å². The number of nitrogens with one attached hydrogen (secondary N) is 1. The first-order chi connectivity index (χ1) is 8.11. The molecule has 1 aromatic heterocycles. The number of ether oxygens (including phenoxy) is 1. The van der Waals surface area contributed by atoms with Gasteiger partial charge in [-0.1, -0.05) is 6.07 Å². The monoisotopic (exact) mass is 254 g/mol. The molecule has 1 aliphatic rings. The van der Waals surface area contributed by atoms with Crippen LogP contribution in [0.2, 0.25) is 0 Å². The highest BCUT2D eigenvalue weighted by molar-refractivity contribution is 7.10. The van der Waals surface area contributed by atoms with Crippen molar-refractivity contribution in [3.05, 3.63) is 22.4 Å². The van der Waals surface area contributed by atoms with E-state index in [1.807, 2.05) is 24.4 Å². The number of amides is 1. The van der Waals surface area contributed by atoms with Crippen molar-refractivity contribution >= 4 is 17.2 Å². The molecule has 2 unspecified atom stereocenters. The van der Waals surface area contributed by atoms with Crippen molar-refractivity contribution in [3.63, 3.8) is 0 Å². The van der Waals surface area contributed by atoms with Crippen LogP contribution in [0.25, 0.3) is 0 Å². The molecule has 5 heteroatoms. The summed E-state index contributed by atoms with van der Waals surface area (Å²) in [7, 11) is 0. The number of carbonyl (C=O) groups excluding carboxylic acids is 1. The summed E-state index contributed by atoms with van der Waals surface area (Å²) in [6.07, 6.45) is 2.05. The molecule has 1 fully saturated rings. The molecule has 1 aliphatic heterocycles. The van der Waals surface area contributed by atoms with Crippen LogP contribution in [-0.2, 0) is 9.53 Å². The van der Waals surface area contributed by atoms with Crippen LogP contribution in [0.3, 0.4) is 0 Å². The molecular weight excluding hydrogens is 236 g/mol. The zero-order valence-electron chi connectivity index (χ0n) is 9.94. The second-order valence-electron chi connectivity index (χ2n) is 4.61. The Kier molecular flexibility index (Phi) is 3.81. The van der Waals surface area contributed by atoms with Crippen LogP contribution in [0.5, 0.6) is 0 Å². The van der Waals surface area contributed by atoms with Gasteiger partial charge in [-0.25, -0.2) is 0 Å². The molecule has 1 amide bonds. The molecule has 2 atom stereocenters. The fourth-order valence-corrected chi connectivity index (χ4v) is 2.68. The first-order valence-corrected chi connectivity index (χ1v) is 6.69. The van der Waals surface area contributed by atoms with Gasteiger partial charge in [0.2, 0.25) is 5.91 Å². The van der Waals surface area contributed by atoms with Crippen LogP contribution in [0.1, 0.15) is 30.7 Å². The van der Waals surface area contributed by atoms with E-state index < -0.39 is 6.04 Å². The largest absolute Gasteiger partial charge is 0.373 e. The Bertz CT molecular complexity index is 372. The lowest BCUT2D eigenvalue weighted by Gasteiger charge is -2.24. The third-order valence-electron chi connectivity index (χ3n) is 3.07. The molecule has 0 aromatic carbocycles. The van der Waals surface area contributed by atoms with Gasteiger partial charge in [-0.2, -0.15) is 0 Å². The Balaban J connectivity index is 1.85. The van der Waals surface area contributed by atoms with Gasteiger partial charge in [-0.3, -0.25) is 4.79 Å². The van der Waals surface area contributed by atoms with Crippen molar-refractivity contribution in [3.8, 4) is 0 Å². The van der Waals surface area contributed by atoms with Crippen molar-refractivity contribution in [2.45, 2.75) is 31.4 Å². The number of hydrogen-bond donors (Lipinski definition) is 2. The second-order valence-corrected chi connectivity index (χ2v) is 5.59. The fraction of sp³-hybridized carbons (Fsp3) is 0.583. The number of thiophene rings is 1. The van der Waals surface area contributed by atoms with E-state index in [1.54, 1.807) is 0 Å². The van der Waals surface area contributed by atoms with E-state index in [9.17, 15) is 4.79 Å². The molecule has 94 valence electrons. The zero-order valence-corrected chi connectivity index (χ0v) is 10.8. The number of nitrogens with two attached hydrogens (primary N) is 1. The van der Waals surface area contributed by atoms with Crippen LogP contribution in [0.15, 0.2) is 17.5 Å². The van der Waals surface area contributed by atoms with Gasteiger partial charge in [0.15, 0.2) is 0 Å². The molecule has 3 N–H and O–H groups in total. The number of rotatable bonds is 4. The maximum Gasteiger partial charge on any atom is 0.242 e. The molecule has 1 aromatic rings. The first-order valence-electron chi connectivity index (χ1n) is 5.81. The van der Waals surface area contributed by atoms with Gasteiger partial charge in [0.25, 0.3) is 0 Å². The Morgan fingerprint density at radius 1 is 1.76 bits per heavy atom. The lowest BCUT2D eigenvalue weighted by atomic mass is 10.0. The quantitative estimate of drug-likeness (QED) is 0.854. The normalized spacial score (nSPS) is 25.8. The van der Waals surface area contributed by atoms with Gasteiger partial charge in [-0.15, -0.1) is 11.3 Å². The molecule has 4 nitrogen and oxygen atoms in total. The van der Waals surface area contributed by atoms with Crippen molar-refractivity contribution in [1.82, 2.24) is 5.32 Å². The molecule has 0 radical (unpaired) electrons. The summed E-state index contributed by atoms with van der Waals surface area (Å²) < 4.78 is 5.61. The van der Waals surface area contributed by atoms with Gasteiger partial charge in [0.05, 0.1) is 5.60 Å². The number of hydrogen-bond acceptors (Lipinski definition) is 4. The molecule has 17 heavy (non-hydrogen) atoms. The smallest absolute Gasteiger partial charge is 0.242 e. The summed E-state index contributed by atoms with van der Waals surface area (Å²) in [6, 6.07) is 3.21. The summed E-state index contributed by atoms with van der Waals surface area (Å²) in [4.78, 5) is 12.7. The van der Waals surface area contributed by atoms with Crippen molar-refractivity contribution < 1.29 is 9.53 Å². The molecule has 2 rings (SSSR count). The van der Waals surface area contributed by atoms with Gasteiger partial charge in [-0.05, 0) is 31.2 Å². The van der Waals surface area contributed by atoms with E-state index in [0.29, 0.717) is 6.54 Å². The lowest BCUT2D eigenvalue weighted by Crippen LogP contribution is -2.43. The molecule has 0 spiro atoms. The third kappa shape index (κ3) is 3.06. The topological polar surface area (TPSA) is 64.4 Å². The van der Waals surface area contributed by atoms with Crippen molar-refractivity contribution in [2.75, 3.05) is 13.2 Å². The SMILES string of the molecule is CC1(CNC(=O)C(N)c2cccs2)CCCO1. The van der Waals surface area contributed by atoms with E-state index in [4.69, 9.17) is 10.5 Å². The Hall–Kier alpha value is -0.910. The van der Waals surface area contributed by atoms with Crippen LogP contribution >= 0.6 is 11.3 Å². The minimum atomic E-state index is -0.569. The average molecular weight is 254 g/mol. The third-order valence-corrected chi connectivity index (χ3v) is 4.02. The van der Waals surface area contributed by atoms with E-state index >= 15 is 0 Å². The Morgan fingerprint density at radius 3 is 3.18 bits per heavy atom. The fourth-order valence-electron chi connectivity index (χ4n) is 1.96. The predicted octanol–water partition coefficient (Wildman–Crippen LogP) is 1.43. The summed E-state index contributed by atoms with van der Waals surface area (Å²) in [6.45, 7) is 3.34. The average Bonchev–Trinajstić information content (AvgIpc) is 2.96. The Labute approximate surface area is 105 Å². The van der Waals surface area contributed by atoms with E-state index in [-0.39, 0.29) is 11.5 Å². The lowest BCUT2D eigenvalue weighted by molar-refractivity contribution is -0.123. The minimum absolute atomic E-state index is 0.135. The van der Waals surface area contributed by atoms with Gasteiger partial charge in [0.1, 0.15) is 6.04 Å². The molecule has 1 saturated heterocycles. The van der Waals surface area contributed by atoms with Crippen molar-refractivity contribution in [2.24, 2.45) is 5.73 Å². The highest BCUT2D eigenvalue weighted by Gasteiger charge is 2.30. The highest BCUT2D eigenvalue weighted by atomic mass is 32.1. The van der Waals surface area contributed by atoms with Gasteiger partial charge < -0.3 is 15.8 Å². The number of carbonyl (C=O) groups is 1. The molecule has 0 saturated carbocycles. The maximum atomic E-state index is 11.9. The summed E-state index contributed by atoms with van der Waals surface area (Å²) >= 11 is 1.50. The molecule has 0 aliphatic carbocycles. The van der Waals surface area contributed by atoms with Crippen LogP contribution in [0, 0.1) is 0 Å². The first kappa shape index (κ1) is 12.5. The zero-order chi connectivity index (χ0) is 12.3.